The lowest BCUT2D eigenvalue weighted by Gasteiger charge is -2.09. The van der Waals surface area contributed by atoms with Crippen LogP contribution in [0.5, 0.6) is 0 Å². The molecule has 0 saturated heterocycles. The van der Waals surface area contributed by atoms with Crippen molar-refractivity contribution in [2.24, 2.45) is 21.1 Å². The van der Waals surface area contributed by atoms with E-state index in [4.69, 9.17) is 4.74 Å². The zero-order chi connectivity index (χ0) is 37.6. The summed E-state index contributed by atoms with van der Waals surface area (Å²) in [4.78, 5) is 27.7. The van der Waals surface area contributed by atoms with E-state index < -0.39 is 0 Å². The molecule has 0 atom stereocenters. The fourth-order valence-corrected chi connectivity index (χ4v) is 7.47. The summed E-state index contributed by atoms with van der Waals surface area (Å²) in [6.45, 7) is 0. The molecule has 9 nitrogen and oxygen atoms in total. The Hall–Kier alpha value is -7.26. The van der Waals surface area contributed by atoms with Gasteiger partial charge in [-0.05, 0) is 82.9 Å². The van der Waals surface area contributed by atoms with E-state index in [9.17, 15) is 4.79 Å². The molecule has 8 bridgehead atoms. The number of carbonyl (C=O) groups is 1. The van der Waals surface area contributed by atoms with Crippen molar-refractivity contribution >= 4 is 28.3 Å². The van der Waals surface area contributed by atoms with E-state index in [0.717, 1.165) is 88.7 Å². The Balaban J connectivity index is 1.40. The second-order valence-electron chi connectivity index (χ2n) is 14.0. The van der Waals surface area contributed by atoms with Crippen molar-refractivity contribution in [3.63, 3.8) is 0 Å². The van der Waals surface area contributed by atoms with Crippen LogP contribution in [0.25, 0.3) is 22.3 Å². The van der Waals surface area contributed by atoms with Gasteiger partial charge in [-0.2, -0.15) is 0 Å². The Morgan fingerprint density at radius 2 is 0.691 bits per heavy atom. The van der Waals surface area contributed by atoms with E-state index in [0.29, 0.717) is 5.56 Å². The van der Waals surface area contributed by atoms with Gasteiger partial charge in [-0.15, -0.1) is 0 Å². The van der Waals surface area contributed by atoms with E-state index in [1.165, 1.54) is 7.11 Å². The molecule has 0 amide bonds. The first kappa shape index (κ1) is 33.6. The zero-order valence-electron chi connectivity index (χ0n) is 31.0. The zero-order valence-corrected chi connectivity index (χ0v) is 31.0. The fourth-order valence-electron chi connectivity index (χ4n) is 7.47. The number of nitrogens with zero attached hydrogens (tertiary/aromatic N) is 3. The Labute approximate surface area is 317 Å². The van der Waals surface area contributed by atoms with Crippen LogP contribution < -0.4 is 35.1 Å². The highest BCUT2D eigenvalue weighted by molar-refractivity contribution is 5.90. The molecule has 0 saturated carbocycles. The highest BCUT2D eigenvalue weighted by Crippen LogP contribution is 2.27. The number of benzene rings is 1. The van der Waals surface area contributed by atoms with Gasteiger partial charge in [0.05, 0.1) is 12.7 Å². The lowest BCUT2D eigenvalue weighted by atomic mass is 10.0. The summed E-state index contributed by atoms with van der Waals surface area (Å²) in [7, 11) is 7.48. The number of H-pyrrole nitrogens is 4. The number of esters is 1. The molecule has 9 rings (SSSR count). The number of hydrogen-bond acceptors (Lipinski definition) is 2. The average molecular weight is 723 g/mol. The maximum atomic E-state index is 12.4. The molecule has 1 aromatic carbocycles. The third kappa shape index (κ3) is 6.21. The molecular weight excluding hydrogens is 683 g/mol. The molecule has 8 heterocycles. The van der Waals surface area contributed by atoms with Crippen molar-refractivity contribution in [1.29, 1.82) is 0 Å². The Morgan fingerprint density at radius 1 is 0.400 bits per heavy atom. The number of aromatic amines is 4. The van der Waals surface area contributed by atoms with Crippen LogP contribution in [0.4, 0.5) is 0 Å². The first-order chi connectivity index (χ1) is 26.8. The van der Waals surface area contributed by atoms with Gasteiger partial charge >= 0.3 is 5.97 Å². The molecule has 0 unspecified atom stereocenters. The van der Waals surface area contributed by atoms with Gasteiger partial charge in [-0.1, -0.05) is 12.1 Å². The summed E-state index contributed by atoms with van der Waals surface area (Å²) in [5.74, 6) is -0.373. The molecule has 0 spiro atoms. The van der Waals surface area contributed by atoms with Gasteiger partial charge in [0.1, 0.15) is 21.1 Å². The predicted molar refractivity (Wildman–Crippen MR) is 209 cm³/mol. The molecule has 9 heteroatoms. The molecular formula is C46H40N7O2+3. The number of nitrogens with one attached hydrogen (secondary N) is 4. The van der Waals surface area contributed by atoms with Gasteiger partial charge in [0.15, 0.2) is 37.2 Å². The minimum atomic E-state index is -0.373. The second kappa shape index (κ2) is 13.6. The summed E-state index contributed by atoms with van der Waals surface area (Å²) in [5.41, 5.74) is 12.6. The number of carbonyl (C=O) groups excluding carboxylic acids is 1. The number of ether oxygens (including phenoxy) is 1. The second-order valence-corrected chi connectivity index (χ2v) is 14.0. The molecule has 1 aliphatic rings. The van der Waals surface area contributed by atoms with Crippen molar-refractivity contribution in [2.45, 2.75) is 0 Å². The lowest BCUT2D eigenvalue weighted by molar-refractivity contribution is -0.671. The summed E-state index contributed by atoms with van der Waals surface area (Å²) >= 11 is 0. The van der Waals surface area contributed by atoms with Crippen LogP contribution in [-0.2, 0) is 25.9 Å². The number of fused-ring (bicyclic) bond motifs is 8. The quantitative estimate of drug-likeness (QED) is 0.162. The highest BCUT2D eigenvalue weighted by atomic mass is 16.5. The van der Waals surface area contributed by atoms with Crippen molar-refractivity contribution in [3.05, 3.63) is 218 Å². The van der Waals surface area contributed by atoms with Gasteiger partial charge in [-0.3, -0.25) is 0 Å². The molecule has 4 N–H and O–H groups in total. The molecule has 0 aliphatic carbocycles. The van der Waals surface area contributed by atoms with Gasteiger partial charge < -0.3 is 24.7 Å². The Bertz CT molecular complexity index is 2980. The van der Waals surface area contributed by atoms with Gasteiger partial charge in [0.25, 0.3) is 0 Å². The summed E-state index contributed by atoms with van der Waals surface area (Å²) < 4.78 is 11.1. The van der Waals surface area contributed by atoms with Crippen LogP contribution in [-0.4, -0.2) is 33.0 Å². The van der Waals surface area contributed by atoms with Gasteiger partial charge in [0, 0.05) is 103 Å². The number of aryl methyl sites for hydroxylation is 3. The number of aromatic nitrogens is 7. The van der Waals surface area contributed by atoms with Crippen molar-refractivity contribution in [1.82, 2.24) is 19.9 Å². The summed E-state index contributed by atoms with van der Waals surface area (Å²) in [6.07, 6.45) is 12.4. The fraction of sp³-hybridized carbons (Fsp3) is 0.0870. The maximum Gasteiger partial charge on any atom is 0.337 e. The Kier molecular flexibility index (Phi) is 8.31. The van der Waals surface area contributed by atoms with Crippen LogP contribution in [0, 0.1) is 0 Å². The number of methoxy groups -OCH3 is 1. The SMILES string of the molecule is COC(=O)c1ccc(C2=c3ccc([nH]3)=C(c3cc[n+](C)cc3)c3ccc([nH]3)C(c3cc[n+](C)cc3)=c3ccc([nH]3)=C(c3cc[n+](C)cc3)c3ccc2[nH]3)cc1. The first-order valence-electron chi connectivity index (χ1n) is 18.2. The summed E-state index contributed by atoms with van der Waals surface area (Å²) in [6, 6.07) is 37.6. The topological polar surface area (TPSA) is 101 Å². The van der Waals surface area contributed by atoms with E-state index in [2.05, 4.69) is 142 Å². The summed E-state index contributed by atoms with van der Waals surface area (Å²) in [5, 5.41) is 3.85. The van der Waals surface area contributed by atoms with Crippen LogP contribution in [0.3, 0.4) is 0 Å². The molecule has 1 aliphatic heterocycles. The smallest absolute Gasteiger partial charge is 0.337 e. The average Bonchev–Trinajstić information content (AvgIpc) is 4.05. The highest BCUT2D eigenvalue weighted by Gasteiger charge is 2.19. The molecule has 0 fully saturated rings. The lowest BCUT2D eigenvalue weighted by Crippen LogP contribution is -2.26. The number of hydrogen-bond donors (Lipinski definition) is 4. The largest absolute Gasteiger partial charge is 0.465 e. The van der Waals surface area contributed by atoms with Crippen LogP contribution in [0.2, 0.25) is 0 Å². The maximum absolute atomic E-state index is 12.4. The molecule has 268 valence electrons. The standard InChI is InChI=1S/C46H38N7O2/c1-51-23-17-30(18-24-51)43-36-11-9-34(47-36)42(29-5-7-33(8-6-29)46(54)55-4)35-10-12-37(48-35)44(31-19-25-52(2)26-20-31)39-14-16-41(50-39)45(40-15-13-38(43)49-40)32-21-27-53(3)28-22-32/h5-28H,1-4H3,(H2,47,48,49,50)/q+1/p+2. The molecule has 7 aromatic heterocycles. The van der Waals surface area contributed by atoms with Crippen LogP contribution >= 0.6 is 0 Å². The van der Waals surface area contributed by atoms with E-state index >= 15 is 0 Å². The van der Waals surface area contributed by atoms with E-state index in [1.807, 2.05) is 59.1 Å². The molecule has 0 radical (unpaired) electrons. The van der Waals surface area contributed by atoms with Crippen molar-refractivity contribution in [2.75, 3.05) is 7.11 Å². The minimum Gasteiger partial charge on any atom is -0.465 e. The van der Waals surface area contributed by atoms with Crippen LogP contribution in [0.1, 0.15) is 55.4 Å². The van der Waals surface area contributed by atoms with Crippen molar-refractivity contribution in [3.8, 4) is 0 Å². The van der Waals surface area contributed by atoms with Gasteiger partial charge in [-0.25, -0.2) is 18.5 Å². The monoisotopic (exact) mass is 722 g/mol. The third-order valence-corrected chi connectivity index (χ3v) is 10.3. The first-order valence-corrected chi connectivity index (χ1v) is 18.2. The van der Waals surface area contributed by atoms with Crippen molar-refractivity contribution < 1.29 is 23.2 Å². The normalized spacial score (nSPS) is 12.7. The van der Waals surface area contributed by atoms with E-state index in [1.54, 1.807) is 0 Å². The molecule has 55 heavy (non-hydrogen) atoms. The number of pyridine rings is 3. The number of rotatable bonds is 5. The third-order valence-electron chi connectivity index (χ3n) is 10.3. The minimum absolute atomic E-state index is 0.373. The molecule has 8 aromatic rings. The predicted octanol–water partition coefficient (Wildman–Crippen LogP) is 2.56. The van der Waals surface area contributed by atoms with E-state index in [-0.39, 0.29) is 5.97 Å². The van der Waals surface area contributed by atoms with Gasteiger partial charge in [0.2, 0.25) is 0 Å². The van der Waals surface area contributed by atoms with Crippen LogP contribution in [0.15, 0.2) is 146 Å². The Morgan fingerprint density at radius 3 is 0.982 bits per heavy atom.